The Morgan fingerprint density at radius 3 is 2.85 bits per heavy atom. The normalized spacial score (nSPS) is 17.0. The van der Waals surface area contributed by atoms with Gasteiger partial charge in [-0.3, -0.25) is 9.59 Å². The first-order valence-electron chi connectivity index (χ1n) is 8.37. The summed E-state index contributed by atoms with van der Waals surface area (Å²) in [7, 11) is 0. The van der Waals surface area contributed by atoms with E-state index in [4.69, 9.17) is 0 Å². The lowest BCUT2D eigenvalue weighted by Gasteiger charge is -2.17. The number of carbonyl (C=O) groups excluding carboxylic acids is 2. The van der Waals surface area contributed by atoms with Crippen LogP contribution >= 0.6 is 0 Å². The first-order valence-corrected chi connectivity index (χ1v) is 8.37. The number of pyridine rings is 1. The fourth-order valence-corrected chi connectivity index (χ4v) is 3.18. The first kappa shape index (κ1) is 16.3. The smallest absolute Gasteiger partial charge is 0.227 e. The zero-order valence-electron chi connectivity index (χ0n) is 13.9. The summed E-state index contributed by atoms with van der Waals surface area (Å²) in [6.07, 6.45) is 3.81. The molecule has 3 heterocycles. The van der Waals surface area contributed by atoms with E-state index in [1.54, 1.807) is 18.2 Å². The van der Waals surface area contributed by atoms with Crippen LogP contribution in [0.15, 0.2) is 54.9 Å². The molecule has 26 heavy (non-hydrogen) atoms. The molecular weight excluding hydrogens is 335 g/mol. The van der Waals surface area contributed by atoms with E-state index >= 15 is 0 Å². The number of hydrogen-bond donors (Lipinski definition) is 1. The van der Waals surface area contributed by atoms with Gasteiger partial charge in [-0.1, -0.05) is 18.2 Å². The third-order valence-corrected chi connectivity index (χ3v) is 4.50. The fourth-order valence-electron chi connectivity index (χ4n) is 3.18. The monoisotopic (exact) mass is 352 g/mol. The Balaban J connectivity index is 1.41. The number of imidazole rings is 1. The molecule has 0 radical (unpaired) electrons. The van der Waals surface area contributed by atoms with E-state index in [1.165, 1.54) is 11.0 Å². The number of nitrogens with one attached hydrogen (secondary N) is 1. The fraction of sp³-hybridized carbons (Fsp3) is 0.211. The lowest BCUT2D eigenvalue weighted by Crippen LogP contribution is -2.32. The Bertz CT molecular complexity index is 951. The maximum absolute atomic E-state index is 13.9. The minimum absolute atomic E-state index is 0.0747. The van der Waals surface area contributed by atoms with Crippen molar-refractivity contribution in [1.29, 1.82) is 0 Å². The quantitative estimate of drug-likeness (QED) is 0.782. The second-order valence-corrected chi connectivity index (χ2v) is 6.27. The van der Waals surface area contributed by atoms with E-state index in [9.17, 15) is 14.0 Å². The van der Waals surface area contributed by atoms with Gasteiger partial charge in [-0.05, 0) is 24.3 Å². The van der Waals surface area contributed by atoms with E-state index < -0.39 is 11.7 Å². The van der Waals surface area contributed by atoms with Gasteiger partial charge in [0.15, 0.2) is 0 Å². The summed E-state index contributed by atoms with van der Waals surface area (Å²) in [5.74, 6) is -1.44. The number of para-hydroxylation sites is 1. The average molecular weight is 352 g/mol. The predicted octanol–water partition coefficient (Wildman–Crippen LogP) is 2.14. The molecule has 1 atom stereocenters. The summed E-state index contributed by atoms with van der Waals surface area (Å²) in [4.78, 5) is 30.4. The molecule has 1 unspecified atom stereocenters. The highest BCUT2D eigenvalue weighted by Gasteiger charge is 2.36. The molecule has 4 rings (SSSR count). The van der Waals surface area contributed by atoms with Gasteiger partial charge in [-0.25, -0.2) is 9.37 Å². The second-order valence-electron chi connectivity index (χ2n) is 6.27. The number of aromatic nitrogens is 2. The van der Waals surface area contributed by atoms with Gasteiger partial charge in [0.25, 0.3) is 0 Å². The van der Waals surface area contributed by atoms with E-state index in [2.05, 4.69) is 10.3 Å². The molecule has 6 nitrogen and oxygen atoms in total. The Labute approximate surface area is 149 Å². The van der Waals surface area contributed by atoms with E-state index in [0.29, 0.717) is 0 Å². The second kappa shape index (κ2) is 6.59. The van der Waals surface area contributed by atoms with Gasteiger partial charge in [0.05, 0.1) is 23.8 Å². The largest absolute Gasteiger partial charge is 0.350 e. The van der Waals surface area contributed by atoms with E-state index in [1.807, 2.05) is 35.0 Å². The molecule has 1 saturated heterocycles. The molecule has 2 aromatic heterocycles. The molecule has 1 aromatic carbocycles. The molecule has 1 aliphatic heterocycles. The number of fused-ring (bicyclic) bond motifs is 1. The van der Waals surface area contributed by atoms with Gasteiger partial charge >= 0.3 is 0 Å². The van der Waals surface area contributed by atoms with Crippen molar-refractivity contribution in [3.63, 3.8) is 0 Å². The zero-order chi connectivity index (χ0) is 18.1. The van der Waals surface area contributed by atoms with Gasteiger partial charge < -0.3 is 14.6 Å². The van der Waals surface area contributed by atoms with Crippen LogP contribution < -0.4 is 10.2 Å². The summed E-state index contributed by atoms with van der Waals surface area (Å²) in [6, 6.07) is 11.8. The van der Waals surface area contributed by atoms with Crippen LogP contribution in [0, 0.1) is 11.7 Å². The maximum Gasteiger partial charge on any atom is 0.227 e. The first-order chi connectivity index (χ1) is 12.6. The lowest BCUT2D eigenvalue weighted by molar-refractivity contribution is -0.126. The number of amides is 2. The SMILES string of the molecule is O=C(NCc1cn2ccccc2n1)C1CC(=O)N(c2ccccc2F)C1. The molecule has 2 amide bonds. The van der Waals surface area contributed by atoms with Gasteiger partial charge in [-0.15, -0.1) is 0 Å². The van der Waals surface area contributed by atoms with Crippen molar-refractivity contribution in [3.05, 3.63) is 66.4 Å². The molecule has 1 fully saturated rings. The van der Waals surface area contributed by atoms with Crippen molar-refractivity contribution < 1.29 is 14.0 Å². The van der Waals surface area contributed by atoms with E-state index in [-0.39, 0.29) is 37.0 Å². The van der Waals surface area contributed by atoms with Crippen LogP contribution in [0.2, 0.25) is 0 Å². The molecule has 1 aliphatic rings. The van der Waals surface area contributed by atoms with Crippen molar-refractivity contribution in [2.24, 2.45) is 5.92 Å². The van der Waals surface area contributed by atoms with Gasteiger partial charge in [0.2, 0.25) is 11.8 Å². The number of hydrogen-bond acceptors (Lipinski definition) is 3. The number of halogens is 1. The minimum Gasteiger partial charge on any atom is -0.350 e. The summed E-state index contributed by atoms with van der Waals surface area (Å²) in [6.45, 7) is 0.460. The molecule has 7 heteroatoms. The van der Waals surface area contributed by atoms with Crippen LogP contribution in [0.3, 0.4) is 0 Å². The highest BCUT2D eigenvalue weighted by Crippen LogP contribution is 2.27. The van der Waals surface area contributed by atoms with Crippen LogP contribution in [-0.2, 0) is 16.1 Å². The third kappa shape index (κ3) is 3.03. The number of nitrogens with zero attached hydrogens (tertiary/aromatic N) is 3. The average Bonchev–Trinajstić information content (AvgIpc) is 3.23. The minimum atomic E-state index is -0.501. The Kier molecular flexibility index (Phi) is 4.12. The third-order valence-electron chi connectivity index (χ3n) is 4.50. The number of rotatable bonds is 4. The molecule has 3 aromatic rings. The van der Waals surface area contributed by atoms with E-state index in [0.717, 1.165) is 11.3 Å². The molecular formula is C19H17FN4O2. The van der Waals surface area contributed by atoms with Crippen LogP contribution in [0.25, 0.3) is 5.65 Å². The highest BCUT2D eigenvalue weighted by atomic mass is 19.1. The molecule has 0 aliphatic carbocycles. The summed E-state index contributed by atoms with van der Waals surface area (Å²) < 4.78 is 15.8. The standard InChI is InChI=1S/C19H17FN4O2/c20-15-5-1-2-6-16(15)24-11-13(9-18(24)25)19(26)21-10-14-12-23-8-4-3-7-17(23)22-14/h1-8,12-13H,9-11H2,(H,21,26). The van der Waals surface area contributed by atoms with Gasteiger partial charge in [0, 0.05) is 25.4 Å². The lowest BCUT2D eigenvalue weighted by atomic mass is 10.1. The van der Waals surface area contributed by atoms with Crippen molar-refractivity contribution in [1.82, 2.24) is 14.7 Å². The number of anilines is 1. The Morgan fingerprint density at radius 2 is 2.04 bits per heavy atom. The summed E-state index contributed by atoms with van der Waals surface area (Å²) in [5.41, 5.74) is 1.76. The summed E-state index contributed by atoms with van der Waals surface area (Å²) >= 11 is 0. The molecule has 0 saturated carbocycles. The van der Waals surface area contributed by atoms with Crippen molar-refractivity contribution in [2.75, 3.05) is 11.4 Å². The molecule has 0 bridgehead atoms. The van der Waals surface area contributed by atoms with Crippen molar-refractivity contribution >= 4 is 23.1 Å². The van der Waals surface area contributed by atoms with Crippen LogP contribution in [0.5, 0.6) is 0 Å². The predicted molar refractivity (Wildman–Crippen MR) is 93.9 cm³/mol. The number of benzene rings is 1. The van der Waals surface area contributed by atoms with Crippen LogP contribution in [0.1, 0.15) is 12.1 Å². The highest BCUT2D eigenvalue weighted by molar-refractivity contribution is 6.00. The summed E-state index contributed by atoms with van der Waals surface area (Å²) in [5, 5.41) is 2.82. The van der Waals surface area contributed by atoms with Crippen LogP contribution in [-0.4, -0.2) is 27.7 Å². The topological polar surface area (TPSA) is 66.7 Å². The van der Waals surface area contributed by atoms with Crippen molar-refractivity contribution in [3.8, 4) is 0 Å². The Morgan fingerprint density at radius 1 is 1.23 bits per heavy atom. The van der Waals surface area contributed by atoms with Gasteiger partial charge in [-0.2, -0.15) is 0 Å². The zero-order valence-corrected chi connectivity index (χ0v) is 13.9. The van der Waals surface area contributed by atoms with Gasteiger partial charge in [0.1, 0.15) is 11.5 Å². The molecule has 1 N–H and O–H groups in total. The van der Waals surface area contributed by atoms with Crippen LogP contribution in [0.4, 0.5) is 10.1 Å². The maximum atomic E-state index is 13.9. The van der Waals surface area contributed by atoms with Crippen molar-refractivity contribution in [2.45, 2.75) is 13.0 Å². The molecule has 132 valence electrons. The number of carbonyl (C=O) groups is 2. The Hall–Kier alpha value is -3.22. The molecule has 0 spiro atoms.